The summed E-state index contributed by atoms with van der Waals surface area (Å²) in [5.74, 6) is 5.19. The van der Waals surface area contributed by atoms with Gasteiger partial charge in [0, 0.05) is 6.42 Å². The van der Waals surface area contributed by atoms with Gasteiger partial charge in [-0.2, -0.15) is 0 Å². The van der Waals surface area contributed by atoms with Crippen LogP contribution in [0, 0.1) is 17.8 Å². The Labute approximate surface area is 199 Å². The van der Waals surface area contributed by atoms with E-state index in [1.54, 1.807) is 11.0 Å². The van der Waals surface area contributed by atoms with Gasteiger partial charge in [0.25, 0.3) is 0 Å². The summed E-state index contributed by atoms with van der Waals surface area (Å²) in [6, 6.07) is 13.6. The van der Waals surface area contributed by atoms with Crippen LogP contribution >= 0.6 is 11.3 Å². The summed E-state index contributed by atoms with van der Waals surface area (Å²) in [5.41, 5.74) is 1.35. The van der Waals surface area contributed by atoms with Crippen LogP contribution in [0.1, 0.15) is 59.1 Å². The van der Waals surface area contributed by atoms with Gasteiger partial charge >= 0.3 is 5.97 Å². The van der Waals surface area contributed by atoms with Crippen LogP contribution in [-0.4, -0.2) is 45.7 Å². The van der Waals surface area contributed by atoms with Gasteiger partial charge in [-0.15, -0.1) is 11.3 Å². The number of amides is 1. The van der Waals surface area contributed by atoms with Crippen LogP contribution in [-0.2, 0) is 11.2 Å². The molecule has 2 N–H and O–H groups in total. The molecule has 1 aliphatic rings. The molecule has 1 aliphatic heterocycles. The number of carbonyl (C=O) groups excluding carboxylic acids is 1. The Morgan fingerprint density at radius 2 is 2.03 bits per heavy atom. The van der Waals surface area contributed by atoms with Gasteiger partial charge in [-0.1, -0.05) is 67.7 Å². The molecular weight excluding hydrogens is 434 g/mol. The molecule has 0 saturated carbocycles. The van der Waals surface area contributed by atoms with Crippen molar-refractivity contribution in [1.29, 1.82) is 0 Å². The number of carboxylic acids is 1. The Hall–Kier alpha value is -2.88. The van der Waals surface area contributed by atoms with E-state index < -0.39 is 12.1 Å². The van der Waals surface area contributed by atoms with Gasteiger partial charge in [-0.25, -0.2) is 4.79 Å². The van der Waals surface area contributed by atoms with E-state index in [4.69, 9.17) is 5.11 Å². The SMILES string of the molecule is C[C@@H](CCCCc1ccccc1)[C@H](O)C=C[C@H]1CCC(=O)N1CC#Cc1ccc(C(=O)O)s1. The number of hydrogen-bond acceptors (Lipinski definition) is 4. The zero-order chi connectivity index (χ0) is 23.6. The number of hydrogen-bond donors (Lipinski definition) is 2. The molecule has 174 valence electrons. The lowest BCUT2D eigenvalue weighted by atomic mass is 9.95. The van der Waals surface area contributed by atoms with Crippen molar-refractivity contribution >= 4 is 23.2 Å². The molecule has 1 saturated heterocycles. The first-order valence-corrected chi connectivity index (χ1v) is 12.3. The Morgan fingerprint density at radius 3 is 2.76 bits per heavy atom. The third-order valence-corrected chi connectivity index (χ3v) is 6.97. The molecule has 0 aliphatic carbocycles. The number of aliphatic hydroxyl groups excluding tert-OH is 1. The number of nitrogens with zero attached hydrogens (tertiary/aromatic N) is 1. The molecule has 1 aromatic heterocycles. The Balaban J connectivity index is 1.45. The second-order valence-corrected chi connectivity index (χ2v) is 9.57. The van der Waals surface area contributed by atoms with E-state index in [2.05, 4.69) is 43.0 Å². The molecule has 0 radical (unpaired) electrons. The Morgan fingerprint density at radius 1 is 1.24 bits per heavy atom. The Bertz CT molecular complexity index is 1020. The molecule has 0 bridgehead atoms. The fraction of sp³-hybridized carbons (Fsp3) is 0.407. The van der Waals surface area contributed by atoms with Crippen molar-refractivity contribution in [3.63, 3.8) is 0 Å². The van der Waals surface area contributed by atoms with E-state index in [9.17, 15) is 14.7 Å². The maximum Gasteiger partial charge on any atom is 0.345 e. The maximum absolute atomic E-state index is 12.3. The minimum atomic E-state index is -0.961. The number of aryl methyl sites for hydroxylation is 1. The standard InChI is InChI=1S/C27H31NO4S/c1-20(8-5-6-11-21-9-3-2-4-10-21)24(29)16-13-22-14-18-26(30)28(22)19-7-12-23-15-17-25(33-23)27(31)32/h2-4,9-10,13,15-17,20,22,24,29H,5-6,8,11,14,18-19H2,1H3,(H,31,32)/t20-,22-,24+/m0/s1. The highest BCUT2D eigenvalue weighted by Crippen LogP contribution is 2.21. The van der Waals surface area contributed by atoms with E-state index in [0.717, 1.165) is 43.4 Å². The zero-order valence-corrected chi connectivity index (χ0v) is 19.8. The van der Waals surface area contributed by atoms with Gasteiger partial charge in [-0.3, -0.25) is 4.79 Å². The first kappa shape index (κ1) is 24.8. The number of thiophene rings is 1. The lowest BCUT2D eigenvalue weighted by Crippen LogP contribution is -2.32. The molecule has 33 heavy (non-hydrogen) atoms. The first-order valence-electron chi connectivity index (χ1n) is 11.5. The van der Waals surface area contributed by atoms with Crippen molar-refractivity contribution in [3.8, 4) is 11.8 Å². The van der Waals surface area contributed by atoms with Gasteiger partial charge in [0.05, 0.1) is 23.6 Å². The fourth-order valence-electron chi connectivity index (χ4n) is 3.94. The highest BCUT2D eigenvalue weighted by Gasteiger charge is 2.28. The summed E-state index contributed by atoms with van der Waals surface area (Å²) in [5, 5.41) is 19.6. The number of carbonyl (C=O) groups is 2. The monoisotopic (exact) mass is 465 g/mol. The van der Waals surface area contributed by atoms with Gasteiger partial charge in [0.1, 0.15) is 4.88 Å². The smallest absolute Gasteiger partial charge is 0.345 e. The summed E-state index contributed by atoms with van der Waals surface area (Å²) in [4.78, 5) is 25.9. The largest absolute Gasteiger partial charge is 0.477 e. The number of likely N-dealkylation sites (tertiary alicyclic amines) is 1. The maximum atomic E-state index is 12.3. The van der Waals surface area contributed by atoms with E-state index in [1.807, 2.05) is 18.2 Å². The molecule has 0 spiro atoms. The molecule has 6 heteroatoms. The molecule has 1 amide bonds. The van der Waals surface area contributed by atoms with E-state index in [1.165, 1.54) is 11.6 Å². The first-order chi connectivity index (χ1) is 15.9. The minimum absolute atomic E-state index is 0.0554. The number of benzene rings is 1. The van der Waals surface area contributed by atoms with Gasteiger partial charge in [0.15, 0.2) is 0 Å². The molecule has 0 unspecified atom stereocenters. The topological polar surface area (TPSA) is 77.8 Å². The molecule has 1 fully saturated rings. The quantitative estimate of drug-likeness (QED) is 0.301. The molecule has 2 heterocycles. The van der Waals surface area contributed by atoms with Gasteiger partial charge in [0.2, 0.25) is 5.91 Å². The number of carboxylic acid groups (broad SMARTS) is 1. The summed E-state index contributed by atoms with van der Waals surface area (Å²) in [6.07, 6.45) is 8.60. The minimum Gasteiger partial charge on any atom is -0.477 e. The molecular formula is C27H31NO4S. The Kier molecular flexibility index (Phi) is 9.29. The van der Waals surface area contributed by atoms with Crippen LogP contribution < -0.4 is 0 Å². The van der Waals surface area contributed by atoms with Crippen LogP contribution in [0.15, 0.2) is 54.6 Å². The fourth-order valence-corrected chi connectivity index (χ4v) is 4.66. The molecule has 5 nitrogen and oxygen atoms in total. The van der Waals surface area contributed by atoms with Crippen LogP contribution in [0.25, 0.3) is 0 Å². The van der Waals surface area contributed by atoms with Crippen molar-refractivity contribution in [2.75, 3.05) is 6.54 Å². The predicted octanol–water partition coefficient (Wildman–Crippen LogP) is 4.76. The number of rotatable bonds is 10. The summed E-state index contributed by atoms with van der Waals surface area (Å²) >= 11 is 1.13. The number of unbranched alkanes of at least 4 members (excludes halogenated alkanes) is 1. The molecule has 2 aromatic rings. The van der Waals surface area contributed by atoms with Crippen LogP contribution in [0.2, 0.25) is 0 Å². The zero-order valence-electron chi connectivity index (χ0n) is 18.9. The molecule has 3 rings (SSSR count). The second-order valence-electron chi connectivity index (χ2n) is 8.48. The normalized spacial score (nSPS) is 17.7. The van der Waals surface area contributed by atoms with Crippen molar-refractivity contribution in [3.05, 3.63) is 69.9 Å². The van der Waals surface area contributed by atoms with Crippen LogP contribution in [0.4, 0.5) is 0 Å². The predicted molar refractivity (Wildman–Crippen MR) is 131 cm³/mol. The number of aliphatic hydroxyl groups is 1. The van der Waals surface area contributed by atoms with E-state index in [-0.39, 0.29) is 22.7 Å². The summed E-state index contributed by atoms with van der Waals surface area (Å²) < 4.78 is 0. The summed E-state index contributed by atoms with van der Waals surface area (Å²) in [6.45, 7) is 2.35. The van der Waals surface area contributed by atoms with Crippen molar-refractivity contribution in [2.45, 2.75) is 57.6 Å². The second kappa shape index (κ2) is 12.4. The molecule has 1 aromatic carbocycles. The average molecular weight is 466 g/mol. The third-order valence-electron chi connectivity index (χ3n) is 5.98. The third kappa shape index (κ3) is 7.59. The lowest BCUT2D eigenvalue weighted by Gasteiger charge is -2.21. The summed E-state index contributed by atoms with van der Waals surface area (Å²) in [7, 11) is 0. The van der Waals surface area contributed by atoms with Gasteiger partial charge < -0.3 is 15.1 Å². The van der Waals surface area contributed by atoms with Crippen LogP contribution in [0.3, 0.4) is 0 Å². The van der Waals surface area contributed by atoms with Crippen molar-refractivity contribution in [1.82, 2.24) is 4.90 Å². The lowest BCUT2D eigenvalue weighted by molar-refractivity contribution is -0.127. The number of aromatic carboxylic acids is 1. The average Bonchev–Trinajstić information content (AvgIpc) is 3.43. The van der Waals surface area contributed by atoms with E-state index in [0.29, 0.717) is 17.8 Å². The van der Waals surface area contributed by atoms with Crippen molar-refractivity contribution < 1.29 is 19.8 Å². The highest BCUT2D eigenvalue weighted by molar-refractivity contribution is 7.14. The van der Waals surface area contributed by atoms with Gasteiger partial charge in [-0.05, 0) is 49.3 Å². The molecule has 3 atom stereocenters. The van der Waals surface area contributed by atoms with Crippen molar-refractivity contribution in [2.24, 2.45) is 5.92 Å². The van der Waals surface area contributed by atoms with Crippen LogP contribution in [0.5, 0.6) is 0 Å². The highest BCUT2D eigenvalue weighted by atomic mass is 32.1. The van der Waals surface area contributed by atoms with E-state index >= 15 is 0 Å².